The number of ether oxygens (including phenoxy) is 1. The van der Waals surface area contributed by atoms with Gasteiger partial charge in [0.25, 0.3) is 0 Å². The Kier molecular flexibility index (Phi) is 10.5. The fourth-order valence-electron chi connectivity index (χ4n) is 3.54. The molecule has 0 aromatic carbocycles. The molecule has 0 spiro atoms. The second-order valence-corrected chi connectivity index (χ2v) is 12.6. The minimum Gasteiger partial charge on any atom is -0.466 e. The van der Waals surface area contributed by atoms with Crippen LogP contribution in [0.3, 0.4) is 0 Å². The van der Waals surface area contributed by atoms with Gasteiger partial charge in [-0.05, 0) is 36.4 Å². The number of carbonyl (C=O) groups is 1. The number of hydrogen-bond donors (Lipinski definition) is 0. The lowest BCUT2D eigenvalue weighted by molar-refractivity contribution is -0.143. The normalized spacial score (nSPS) is 11.7. The van der Waals surface area contributed by atoms with E-state index < -0.39 is 8.07 Å². The van der Waals surface area contributed by atoms with Crippen LogP contribution in [-0.4, -0.2) is 20.7 Å². The molecule has 0 fully saturated rings. The Labute approximate surface area is 139 Å². The van der Waals surface area contributed by atoms with Crippen LogP contribution in [0.4, 0.5) is 0 Å². The van der Waals surface area contributed by atoms with Crippen molar-refractivity contribution in [1.29, 1.82) is 0 Å². The zero-order valence-corrected chi connectivity index (χ0v) is 16.8. The molecule has 0 saturated carbocycles. The van der Waals surface area contributed by atoms with Crippen molar-refractivity contribution in [3.8, 4) is 11.5 Å². The second kappa shape index (κ2) is 10.9. The van der Waals surface area contributed by atoms with Crippen molar-refractivity contribution in [2.45, 2.75) is 97.2 Å². The lowest BCUT2D eigenvalue weighted by atomic mass is 10.1. The van der Waals surface area contributed by atoms with E-state index in [9.17, 15) is 4.79 Å². The Bertz CT molecular complexity index is 353. The molecule has 3 heteroatoms. The molecule has 0 aromatic heterocycles. The molecule has 22 heavy (non-hydrogen) atoms. The maximum Gasteiger partial charge on any atom is 0.305 e. The Morgan fingerprint density at radius 2 is 1.50 bits per heavy atom. The second-order valence-electron chi connectivity index (χ2n) is 7.06. The average molecular weight is 325 g/mol. The summed E-state index contributed by atoms with van der Waals surface area (Å²) < 4.78 is 4.93. The monoisotopic (exact) mass is 324 g/mol. The van der Waals surface area contributed by atoms with Gasteiger partial charge in [0.05, 0.1) is 6.61 Å². The van der Waals surface area contributed by atoms with Crippen LogP contribution < -0.4 is 0 Å². The Hall–Kier alpha value is -0.753. The van der Waals surface area contributed by atoms with Crippen LogP contribution >= 0.6 is 0 Å². The zero-order valence-electron chi connectivity index (χ0n) is 15.8. The summed E-state index contributed by atoms with van der Waals surface area (Å²) in [5, 5.41) is 0. The molecule has 0 amide bonds. The average Bonchev–Trinajstić information content (AvgIpc) is 2.40. The highest BCUT2D eigenvalue weighted by molar-refractivity contribution is 6.90. The van der Waals surface area contributed by atoms with Crippen LogP contribution in [0.25, 0.3) is 0 Å². The zero-order chi connectivity index (χ0) is 17.2. The molecule has 2 nitrogen and oxygen atoms in total. The predicted octanol–water partition coefficient (Wildman–Crippen LogP) is 5.72. The number of esters is 1. The Balaban J connectivity index is 4.33. The molecule has 0 bridgehead atoms. The highest BCUT2D eigenvalue weighted by Gasteiger charge is 2.41. The third-order valence-corrected chi connectivity index (χ3v) is 11.0. The summed E-state index contributed by atoms with van der Waals surface area (Å²) >= 11 is 0. The topological polar surface area (TPSA) is 26.3 Å². The van der Waals surface area contributed by atoms with Crippen molar-refractivity contribution in [3.05, 3.63) is 0 Å². The number of unbranched alkanes of at least 4 members (excludes halogenated alkanes) is 3. The lowest BCUT2D eigenvalue weighted by Gasteiger charge is -2.38. The molecule has 0 unspecified atom stereocenters. The third kappa shape index (κ3) is 6.56. The highest BCUT2D eigenvalue weighted by Crippen LogP contribution is 2.40. The molecule has 0 aromatic rings. The number of carbonyl (C=O) groups excluding carboxylic acids is 1. The molecular formula is C19H36O2Si. The summed E-state index contributed by atoms with van der Waals surface area (Å²) in [7, 11) is -1.56. The first-order valence-electron chi connectivity index (χ1n) is 8.94. The summed E-state index contributed by atoms with van der Waals surface area (Å²) in [6.07, 6.45) is 4.58. The van der Waals surface area contributed by atoms with E-state index in [0.717, 1.165) is 25.7 Å². The summed E-state index contributed by atoms with van der Waals surface area (Å²) in [4.78, 5) is 11.2. The summed E-state index contributed by atoms with van der Waals surface area (Å²) in [5.74, 6) is 3.41. The molecule has 0 aliphatic carbocycles. The molecule has 0 aliphatic heterocycles. The minimum atomic E-state index is -1.56. The van der Waals surface area contributed by atoms with Gasteiger partial charge >= 0.3 is 5.97 Å². The maximum atomic E-state index is 11.2. The van der Waals surface area contributed by atoms with Crippen molar-refractivity contribution >= 4 is 14.0 Å². The first-order valence-corrected chi connectivity index (χ1v) is 11.2. The highest BCUT2D eigenvalue weighted by atomic mass is 28.3. The van der Waals surface area contributed by atoms with Crippen molar-refractivity contribution in [1.82, 2.24) is 0 Å². The van der Waals surface area contributed by atoms with Crippen LogP contribution in [0, 0.1) is 11.5 Å². The quantitative estimate of drug-likeness (QED) is 0.234. The lowest BCUT2D eigenvalue weighted by Crippen LogP contribution is -2.43. The van der Waals surface area contributed by atoms with E-state index in [-0.39, 0.29) is 5.97 Å². The fourth-order valence-corrected chi connectivity index (χ4v) is 8.84. The predicted molar refractivity (Wildman–Crippen MR) is 98.5 cm³/mol. The van der Waals surface area contributed by atoms with Gasteiger partial charge in [-0.2, -0.15) is 0 Å². The molecule has 0 atom stereocenters. The van der Waals surface area contributed by atoms with Gasteiger partial charge in [0.1, 0.15) is 8.07 Å². The van der Waals surface area contributed by atoms with Gasteiger partial charge in [-0.15, -0.1) is 11.5 Å². The van der Waals surface area contributed by atoms with Crippen LogP contribution in [0.2, 0.25) is 16.6 Å². The van der Waals surface area contributed by atoms with Gasteiger partial charge in [-0.1, -0.05) is 48.0 Å². The van der Waals surface area contributed by atoms with Gasteiger partial charge in [0.2, 0.25) is 0 Å². The van der Waals surface area contributed by atoms with E-state index in [1.807, 2.05) is 6.92 Å². The van der Waals surface area contributed by atoms with E-state index in [0.29, 0.717) is 29.7 Å². The van der Waals surface area contributed by atoms with Crippen molar-refractivity contribution in [2.24, 2.45) is 0 Å². The molecule has 0 rings (SSSR count). The molecule has 0 N–H and O–H groups in total. The van der Waals surface area contributed by atoms with E-state index in [4.69, 9.17) is 4.74 Å². The third-order valence-electron chi connectivity index (χ3n) is 4.66. The van der Waals surface area contributed by atoms with E-state index in [1.54, 1.807) is 0 Å². The van der Waals surface area contributed by atoms with Crippen LogP contribution in [0.5, 0.6) is 0 Å². The Morgan fingerprint density at radius 3 is 1.95 bits per heavy atom. The van der Waals surface area contributed by atoms with Gasteiger partial charge in [0.15, 0.2) is 0 Å². The first-order chi connectivity index (χ1) is 10.3. The van der Waals surface area contributed by atoms with E-state index >= 15 is 0 Å². The van der Waals surface area contributed by atoms with Crippen molar-refractivity contribution < 1.29 is 9.53 Å². The summed E-state index contributed by atoms with van der Waals surface area (Å²) in [5.41, 5.74) is 5.84. The Morgan fingerprint density at radius 1 is 0.955 bits per heavy atom. The minimum absolute atomic E-state index is 0.0700. The van der Waals surface area contributed by atoms with E-state index in [1.165, 1.54) is 0 Å². The number of rotatable bonds is 9. The van der Waals surface area contributed by atoms with Gasteiger partial charge in [0, 0.05) is 12.8 Å². The molecule has 0 aliphatic rings. The molecule has 0 radical (unpaired) electrons. The largest absolute Gasteiger partial charge is 0.466 e. The fraction of sp³-hybridized carbons (Fsp3) is 0.842. The van der Waals surface area contributed by atoms with E-state index in [2.05, 4.69) is 53.0 Å². The van der Waals surface area contributed by atoms with Gasteiger partial charge in [-0.3, -0.25) is 4.79 Å². The first kappa shape index (κ1) is 21.2. The summed E-state index contributed by atoms with van der Waals surface area (Å²) in [6.45, 7) is 16.4. The number of hydrogen-bond acceptors (Lipinski definition) is 2. The summed E-state index contributed by atoms with van der Waals surface area (Å²) in [6, 6.07) is 0. The molecular weight excluding hydrogens is 288 g/mol. The van der Waals surface area contributed by atoms with Crippen LogP contribution in [0.1, 0.15) is 80.6 Å². The van der Waals surface area contributed by atoms with Gasteiger partial charge in [-0.25, -0.2) is 0 Å². The van der Waals surface area contributed by atoms with Crippen molar-refractivity contribution in [3.63, 3.8) is 0 Å². The SMILES string of the molecule is CCOC(=O)CCCCCC#C[Si](C(C)C)(C(C)C)C(C)C. The van der Waals surface area contributed by atoms with Crippen molar-refractivity contribution in [2.75, 3.05) is 6.61 Å². The van der Waals surface area contributed by atoms with Crippen LogP contribution in [0.15, 0.2) is 0 Å². The maximum absolute atomic E-state index is 11.2. The molecule has 128 valence electrons. The smallest absolute Gasteiger partial charge is 0.305 e. The molecule has 0 saturated heterocycles. The van der Waals surface area contributed by atoms with Gasteiger partial charge < -0.3 is 4.74 Å². The van der Waals surface area contributed by atoms with Crippen LogP contribution in [-0.2, 0) is 9.53 Å². The standard InChI is InChI=1S/C19H36O2Si/c1-8-21-19(20)14-12-10-9-11-13-15-22(16(2)3,17(4)5)18(6)7/h16-18H,8-12,14H2,1-7H3. The molecule has 0 heterocycles.